The fourth-order valence-corrected chi connectivity index (χ4v) is 5.39. The number of aromatic nitrogens is 2. The van der Waals surface area contributed by atoms with E-state index in [0.29, 0.717) is 41.7 Å². The predicted molar refractivity (Wildman–Crippen MR) is 147 cm³/mol. The first-order valence-electron chi connectivity index (χ1n) is 13.0. The van der Waals surface area contributed by atoms with Crippen LogP contribution < -0.4 is 4.74 Å². The van der Waals surface area contributed by atoms with Gasteiger partial charge in [0.25, 0.3) is 0 Å². The summed E-state index contributed by atoms with van der Waals surface area (Å²) in [4.78, 5) is 22.4. The molecule has 1 fully saturated rings. The highest BCUT2D eigenvalue weighted by molar-refractivity contribution is 6.30. The molecule has 3 heterocycles. The first-order chi connectivity index (χ1) is 19.4. The topological polar surface area (TPSA) is 81.2 Å². The summed E-state index contributed by atoms with van der Waals surface area (Å²) in [6, 6.07) is 13.2. The minimum Gasteiger partial charge on any atom is -0.500 e. The second kappa shape index (κ2) is 10.9. The van der Waals surface area contributed by atoms with Crippen LogP contribution in [0.4, 0.5) is 10.1 Å². The molecule has 204 valence electrons. The Morgan fingerprint density at radius 2 is 2.08 bits per heavy atom. The van der Waals surface area contributed by atoms with E-state index in [1.165, 1.54) is 6.07 Å². The Balaban J connectivity index is 1.24. The molecule has 0 bridgehead atoms. The zero-order valence-electron chi connectivity index (χ0n) is 21.6. The number of benzene rings is 3. The summed E-state index contributed by atoms with van der Waals surface area (Å²) in [5, 5.41) is 9.82. The molecule has 0 aliphatic carbocycles. The molecule has 0 radical (unpaired) electrons. The van der Waals surface area contributed by atoms with Crippen molar-refractivity contribution in [1.82, 2.24) is 14.5 Å². The maximum absolute atomic E-state index is 14.3. The molecular formula is C30H26ClFN4O4. The number of ether oxygens (including phenoxy) is 2. The quantitative estimate of drug-likeness (QED) is 0.266. The Kier molecular flexibility index (Phi) is 7.15. The summed E-state index contributed by atoms with van der Waals surface area (Å²) in [5.74, 6) is -0.157. The van der Waals surface area contributed by atoms with Gasteiger partial charge in [-0.05, 0) is 60.9 Å². The van der Waals surface area contributed by atoms with E-state index in [9.17, 15) is 14.3 Å². The Hall–Kier alpha value is -3.97. The average molecular weight is 561 g/mol. The number of rotatable bonds is 8. The van der Waals surface area contributed by atoms with Crippen LogP contribution in [0.25, 0.3) is 15.9 Å². The Bertz CT molecular complexity index is 1660. The number of imidazole rings is 1. The van der Waals surface area contributed by atoms with E-state index in [1.54, 1.807) is 30.3 Å². The van der Waals surface area contributed by atoms with E-state index >= 15 is 0 Å². The van der Waals surface area contributed by atoms with Gasteiger partial charge in [-0.2, -0.15) is 0 Å². The SMILES string of the molecule is [C-]#[N+]c1cc2c(cc1OCc1ccc(Cl)cc1F)CN(Cc1nc3ccc(C(=O)O)cc3n1C[C@@H]1CCO1)CC2. The lowest BCUT2D eigenvalue weighted by atomic mass is 9.98. The van der Waals surface area contributed by atoms with E-state index in [1.807, 2.05) is 12.1 Å². The normalized spacial score (nSPS) is 16.8. The van der Waals surface area contributed by atoms with Gasteiger partial charge in [0.1, 0.15) is 24.0 Å². The molecule has 6 rings (SSSR count). The van der Waals surface area contributed by atoms with Crippen LogP contribution in [-0.4, -0.2) is 44.8 Å². The zero-order chi connectivity index (χ0) is 27.8. The Morgan fingerprint density at radius 3 is 2.80 bits per heavy atom. The molecule has 1 N–H and O–H groups in total. The zero-order valence-corrected chi connectivity index (χ0v) is 22.3. The summed E-state index contributed by atoms with van der Waals surface area (Å²) >= 11 is 5.86. The maximum atomic E-state index is 14.3. The molecule has 0 amide bonds. The molecule has 0 unspecified atom stereocenters. The summed E-state index contributed by atoms with van der Waals surface area (Å²) in [5.41, 5.74) is 4.66. The van der Waals surface area contributed by atoms with Crippen LogP contribution in [0.3, 0.4) is 0 Å². The van der Waals surface area contributed by atoms with Gasteiger partial charge < -0.3 is 19.1 Å². The summed E-state index contributed by atoms with van der Waals surface area (Å²) in [6.07, 6.45) is 1.81. The minimum absolute atomic E-state index is 0.0143. The van der Waals surface area contributed by atoms with Gasteiger partial charge in [0.05, 0.1) is 42.4 Å². The van der Waals surface area contributed by atoms with Crippen molar-refractivity contribution >= 4 is 34.3 Å². The average Bonchev–Trinajstić information content (AvgIpc) is 3.25. The number of carboxylic acid groups (broad SMARTS) is 1. The predicted octanol–water partition coefficient (Wildman–Crippen LogP) is 6.00. The standard InChI is InChI=1S/C30H26ClFN4O4/c1-33-26-10-18-6-8-35(14-21(18)12-28(26)40-17-20-2-4-22(31)13-24(20)32)16-29-34-25-5-3-19(30(37)38)11-27(25)36(29)15-23-7-9-39-23/h2-5,10-13,23H,6-9,14-17H2,(H,37,38)/t23-/m0/s1. The Morgan fingerprint density at radius 1 is 1.23 bits per heavy atom. The third-order valence-corrected chi connectivity index (χ3v) is 7.75. The third kappa shape index (κ3) is 5.26. The number of hydrogen-bond donors (Lipinski definition) is 1. The molecule has 1 aromatic heterocycles. The fraction of sp³-hybridized carbons (Fsp3) is 0.300. The molecule has 0 saturated carbocycles. The van der Waals surface area contributed by atoms with Crippen LogP contribution in [0.15, 0.2) is 48.5 Å². The van der Waals surface area contributed by atoms with Crippen molar-refractivity contribution < 1.29 is 23.8 Å². The maximum Gasteiger partial charge on any atom is 0.335 e. The van der Waals surface area contributed by atoms with E-state index in [2.05, 4.69) is 14.3 Å². The van der Waals surface area contributed by atoms with Gasteiger partial charge in [-0.15, -0.1) is 0 Å². The Labute approximate surface area is 235 Å². The van der Waals surface area contributed by atoms with Crippen molar-refractivity contribution in [3.8, 4) is 5.75 Å². The van der Waals surface area contributed by atoms with E-state index in [-0.39, 0.29) is 18.3 Å². The molecular weight excluding hydrogens is 535 g/mol. The number of nitrogens with zero attached hydrogens (tertiary/aromatic N) is 4. The van der Waals surface area contributed by atoms with Gasteiger partial charge in [-0.25, -0.2) is 19.0 Å². The highest BCUT2D eigenvalue weighted by Gasteiger charge is 2.25. The van der Waals surface area contributed by atoms with E-state index in [4.69, 9.17) is 32.6 Å². The highest BCUT2D eigenvalue weighted by Crippen LogP contribution is 2.35. The number of carbonyl (C=O) groups is 1. The largest absolute Gasteiger partial charge is 0.500 e. The van der Waals surface area contributed by atoms with Gasteiger partial charge in [0.15, 0.2) is 0 Å². The minimum atomic E-state index is -0.973. The van der Waals surface area contributed by atoms with E-state index in [0.717, 1.165) is 54.0 Å². The first kappa shape index (κ1) is 26.3. The van der Waals surface area contributed by atoms with Crippen LogP contribution in [0.1, 0.15) is 39.3 Å². The fourth-order valence-electron chi connectivity index (χ4n) is 5.23. The number of aromatic carboxylic acids is 1. The van der Waals surface area contributed by atoms with Crippen LogP contribution in [0, 0.1) is 12.4 Å². The first-order valence-corrected chi connectivity index (χ1v) is 13.4. The molecule has 2 aliphatic heterocycles. The molecule has 10 heteroatoms. The molecule has 0 spiro atoms. The summed E-state index contributed by atoms with van der Waals surface area (Å²) in [6.45, 7) is 10.9. The van der Waals surface area contributed by atoms with Crippen LogP contribution in [-0.2, 0) is 37.4 Å². The molecule has 8 nitrogen and oxygen atoms in total. The lowest BCUT2D eigenvalue weighted by Gasteiger charge is -2.31. The molecule has 1 saturated heterocycles. The summed E-state index contributed by atoms with van der Waals surface area (Å²) in [7, 11) is 0. The van der Waals surface area contributed by atoms with Crippen molar-refractivity contribution in [3.05, 3.63) is 98.9 Å². The molecule has 40 heavy (non-hydrogen) atoms. The van der Waals surface area contributed by atoms with Crippen molar-refractivity contribution in [2.24, 2.45) is 0 Å². The van der Waals surface area contributed by atoms with Gasteiger partial charge in [-0.1, -0.05) is 23.2 Å². The lowest BCUT2D eigenvalue weighted by Crippen LogP contribution is -2.34. The molecule has 4 aromatic rings. The second-order valence-corrected chi connectivity index (χ2v) is 10.6. The van der Waals surface area contributed by atoms with E-state index < -0.39 is 11.8 Å². The van der Waals surface area contributed by atoms with Gasteiger partial charge in [-0.3, -0.25) is 4.90 Å². The number of halogens is 2. The van der Waals surface area contributed by atoms with Crippen LogP contribution in [0.5, 0.6) is 5.75 Å². The van der Waals surface area contributed by atoms with Crippen molar-refractivity contribution in [2.75, 3.05) is 13.2 Å². The lowest BCUT2D eigenvalue weighted by molar-refractivity contribution is -0.0592. The molecule has 2 aliphatic rings. The number of hydrogen-bond acceptors (Lipinski definition) is 5. The number of fused-ring (bicyclic) bond motifs is 2. The monoisotopic (exact) mass is 560 g/mol. The highest BCUT2D eigenvalue weighted by atomic mass is 35.5. The smallest absolute Gasteiger partial charge is 0.335 e. The van der Waals surface area contributed by atoms with Crippen LogP contribution in [0.2, 0.25) is 5.02 Å². The van der Waals surface area contributed by atoms with Crippen molar-refractivity contribution in [1.29, 1.82) is 0 Å². The molecule has 3 aromatic carbocycles. The van der Waals surface area contributed by atoms with Crippen LogP contribution >= 0.6 is 11.6 Å². The van der Waals surface area contributed by atoms with Gasteiger partial charge in [0.2, 0.25) is 5.69 Å². The van der Waals surface area contributed by atoms with Gasteiger partial charge >= 0.3 is 5.97 Å². The van der Waals surface area contributed by atoms with Crippen molar-refractivity contribution in [2.45, 2.75) is 45.2 Å². The molecule has 1 atom stereocenters. The van der Waals surface area contributed by atoms with Crippen molar-refractivity contribution in [3.63, 3.8) is 0 Å². The second-order valence-electron chi connectivity index (χ2n) is 10.1. The number of carboxylic acids is 1. The van der Waals surface area contributed by atoms with Gasteiger partial charge in [0, 0.05) is 30.3 Å². The third-order valence-electron chi connectivity index (χ3n) is 7.51. The summed E-state index contributed by atoms with van der Waals surface area (Å²) < 4.78 is 27.9.